The topological polar surface area (TPSA) is 70.9 Å². The summed E-state index contributed by atoms with van der Waals surface area (Å²) in [7, 11) is 0. The zero-order valence-electron chi connectivity index (χ0n) is 15.3. The number of halogens is 1. The van der Waals surface area contributed by atoms with E-state index in [1.807, 2.05) is 66.7 Å². The zero-order chi connectivity index (χ0) is 20.2. The van der Waals surface area contributed by atoms with E-state index in [-0.39, 0.29) is 12.4 Å². The van der Waals surface area contributed by atoms with Crippen LogP contribution in [0.3, 0.4) is 0 Å². The predicted octanol–water partition coefficient (Wildman–Crippen LogP) is 4.99. The third-order valence-corrected chi connectivity index (χ3v) is 5.34. The molecule has 4 aromatic carbocycles. The van der Waals surface area contributed by atoms with Crippen molar-refractivity contribution in [2.75, 3.05) is 6.61 Å². The molecule has 1 amide bonds. The van der Waals surface area contributed by atoms with Crippen molar-refractivity contribution in [1.29, 1.82) is 0 Å². The fourth-order valence-electron chi connectivity index (χ4n) is 3.09. The van der Waals surface area contributed by atoms with Gasteiger partial charge in [0.05, 0.1) is 10.7 Å². The molecule has 0 radical (unpaired) electrons. The first kappa shape index (κ1) is 19.0. The summed E-state index contributed by atoms with van der Waals surface area (Å²) in [5.41, 5.74) is 2.97. The number of ether oxygens (including phenoxy) is 1. The van der Waals surface area contributed by atoms with E-state index in [1.165, 1.54) is 6.21 Å². The van der Waals surface area contributed by atoms with E-state index in [9.17, 15) is 9.90 Å². The molecule has 144 valence electrons. The lowest BCUT2D eigenvalue weighted by atomic mass is 10.0. The summed E-state index contributed by atoms with van der Waals surface area (Å²) in [5.74, 6) is 0.272. The van der Waals surface area contributed by atoms with Crippen molar-refractivity contribution in [2.24, 2.45) is 5.10 Å². The zero-order valence-corrected chi connectivity index (χ0v) is 16.9. The Balaban J connectivity index is 1.42. The third kappa shape index (κ3) is 4.07. The summed E-state index contributed by atoms with van der Waals surface area (Å²) in [4.78, 5) is 12.1. The highest BCUT2D eigenvalue weighted by atomic mass is 79.9. The van der Waals surface area contributed by atoms with Crippen LogP contribution in [0.2, 0.25) is 0 Å². The first-order valence-corrected chi connectivity index (χ1v) is 9.75. The number of nitrogens with one attached hydrogen (secondary N) is 1. The van der Waals surface area contributed by atoms with Crippen LogP contribution in [0.15, 0.2) is 82.4 Å². The molecule has 0 aliphatic heterocycles. The van der Waals surface area contributed by atoms with Gasteiger partial charge in [-0.05, 0) is 49.6 Å². The standard InChI is InChI=1S/C23H17BrN2O3/c24-23-18-8-4-2-6-16(18)10-12-21(23)29-14-22(28)26-25-13-19-17-7-3-1-5-15(17)9-11-20(19)27/h1-13,27H,14H2,(H,26,28). The van der Waals surface area contributed by atoms with Gasteiger partial charge in [-0.3, -0.25) is 4.79 Å². The number of hydrogen-bond acceptors (Lipinski definition) is 4. The molecule has 5 nitrogen and oxygen atoms in total. The van der Waals surface area contributed by atoms with Crippen molar-refractivity contribution in [1.82, 2.24) is 5.43 Å². The number of hydrogen-bond donors (Lipinski definition) is 2. The molecule has 0 aliphatic rings. The van der Waals surface area contributed by atoms with Crippen molar-refractivity contribution >= 4 is 49.6 Å². The number of amides is 1. The molecular formula is C23H17BrN2O3. The molecule has 0 aliphatic carbocycles. The fraction of sp³-hybridized carbons (Fsp3) is 0.0435. The van der Waals surface area contributed by atoms with E-state index in [0.717, 1.165) is 26.0 Å². The monoisotopic (exact) mass is 448 g/mol. The van der Waals surface area contributed by atoms with E-state index in [0.29, 0.717) is 11.3 Å². The number of carbonyl (C=O) groups excluding carboxylic acids is 1. The van der Waals surface area contributed by atoms with E-state index in [4.69, 9.17) is 4.74 Å². The molecule has 4 aromatic rings. The van der Waals surface area contributed by atoms with Crippen LogP contribution < -0.4 is 10.2 Å². The number of aromatic hydroxyl groups is 1. The molecule has 0 unspecified atom stereocenters. The maximum absolute atomic E-state index is 12.1. The Hall–Kier alpha value is -3.38. The molecule has 0 spiro atoms. The van der Waals surface area contributed by atoms with Gasteiger partial charge in [0, 0.05) is 5.56 Å². The normalized spacial score (nSPS) is 11.2. The average Bonchev–Trinajstić information content (AvgIpc) is 2.75. The minimum Gasteiger partial charge on any atom is -0.507 e. The van der Waals surface area contributed by atoms with Crippen molar-refractivity contribution in [3.8, 4) is 11.5 Å². The van der Waals surface area contributed by atoms with Crippen LogP contribution in [0, 0.1) is 0 Å². The number of hydrazone groups is 1. The molecule has 0 aromatic heterocycles. The number of rotatable bonds is 5. The summed E-state index contributed by atoms with van der Waals surface area (Å²) in [6.45, 7) is -0.185. The molecule has 2 N–H and O–H groups in total. The van der Waals surface area contributed by atoms with E-state index in [2.05, 4.69) is 26.5 Å². The van der Waals surface area contributed by atoms with Gasteiger partial charge >= 0.3 is 0 Å². The number of phenols is 1. The van der Waals surface area contributed by atoms with Gasteiger partial charge in [0.25, 0.3) is 5.91 Å². The first-order valence-electron chi connectivity index (χ1n) is 8.96. The van der Waals surface area contributed by atoms with Gasteiger partial charge in [-0.15, -0.1) is 0 Å². The van der Waals surface area contributed by atoms with E-state index < -0.39 is 5.91 Å². The van der Waals surface area contributed by atoms with E-state index in [1.54, 1.807) is 6.07 Å². The number of nitrogens with zero attached hydrogens (tertiary/aromatic N) is 1. The van der Waals surface area contributed by atoms with Crippen molar-refractivity contribution in [3.63, 3.8) is 0 Å². The summed E-state index contributed by atoms with van der Waals surface area (Å²) < 4.78 is 6.42. The average molecular weight is 449 g/mol. The van der Waals surface area contributed by atoms with Crippen molar-refractivity contribution in [2.45, 2.75) is 0 Å². The maximum Gasteiger partial charge on any atom is 0.277 e. The minimum absolute atomic E-state index is 0.0954. The smallest absolute Gasteiger partial charge is 0.277 e. The lowest BCUT2D eigenvalue weighted by Gasteiger charge is -2.09. The van der Waals surface area contributed by atoms with Gasteiger partial charge in [0.15, 0.2) is 6.61 Å². The van der Waals surface area contributed by atoms with Crippen LogP contribution in [-0.4, -0.2) is 23.8 Å². The quantitative estimate of drug-likeness (QED) is 0.333. The van der Waals surface area contributed by atoms with Crippen molar-refractivity contribution < 1.29 is 14.6 Å². The van der Waals surface area contributed by atoms with Gasteiger partial charge in [-0.1, -0.05) is 60.7 Å². The number of fused-ring (bicyclic) bond motifs is 2. The van der Waals surface area contributed by atoms with Gasteiger partial charge in [-0.2, -0.15) is 5.10 Å². The lowest BCUT2D eigenvalue weighted by Crippen LogP contribution is -2.24. The molecular weight excluding hydrogens is 432 g/mol. The Morgan fingerprint density at radius 3 is 2.41 bits per heavy atom. The Morgan fingerprint density at radius 2 is 1.62 bits per heavy atom. The molecule has 0 atom stereocenters. The van der Waals surface area contributed by atoms with Crippen LogP contribution >= 0.6 is 15.9 Å². The van der Waals surface area contributed by atoms with Gasteiger partial charge in [0.2, 0.25) is 0 Å². The molecule has 0 heterocycles. The molecule has 6 heteroatoms. The number of carbonyl (C=O) groups is 1. The van der Waals surface area contributed by atoms with Gasteiger partial charge < -0.3 is 9.84 Å². The maximum atomic E-state index is 12.1. The summed E-state index contributed by atoms with van der Waals surface area (Å²) in [6.07, 6.45) is 1.43. The van der Waals surface area contributed by atoms with Gasteiger partial charge in [-0.25, -0.2) is 5.43 Å². The number of phenolic OH excluding ortho intramolecular Hbond substituents is 1. The van der Waals surface area contributed by atoms with Crippen LogP contribution in [-0.2, 0) is 4.79 Å². The second-order valence-electron chi connectivity index (χ2n) is 6.40. The molecule has 0 saturated carbocycles. The molecule has 0 bridgehead atoms. The molecule has 4 rings (SSSR count). The first-order chi connectivity index (χ1) is 14.1. The Labute approximate surface area is 175 Å². The Morgan fingerprint density at radius 1 is 0.966 bits per heavy atom. The second-order valence-corrected chi connectivity index (χ2v) is 7.19. The molecule has 29 heavy (non-hydrogen) atoms. The number of benzene rings is 4. The largest absolute Gasteiger partial charge is 0.507 e. The Bertz CT molecular complexity index is 1240. The highest BCUT2D eigenvalue weighted by Crippen LogP contribution is 2.33. The highest BCUT2D eigenvalue weighted by Gasteiger charge is 2.09. The van der Waals surface area contributed by atoms with Crippen LogP contribution in [0.4, 0.5) is 0 Å². The van der Waals surface area contributed by atoms with E-state index >= 15 is 0 Å². The highest BCUT2D eigenvalue weighted by molar-refractivity contribution is 9.10. The third-order valence-electron chi connectivity index (χ3n) is 4.52. The predicted molar refractivity (Wildman–Crippen MR) is 118 cm³/mol. The van der Waals surface area contributed by atoms with Crippen LogP contribution in [0.25, 0.3) is 21.5 Å². The minimum atomic E-state index is -0.402. The fourth-order valence-corrected chi connectivity index (χ4v) is 3.70. The summed E-state index contributed by atoms with van der Waals surface area (Å²) >= 11 is 3.53. The van der Waals surface area contributed by atoms with Crippen LogP contribution in [0.1, 0.15) is 5.56 Å². The lowest BCUT2D eigenvalue weighted by molar-refractivity contribution is -0.123. The SMILES string of the molecule is O=C(COc1ccc2ccccc2c1Br)NN=Cc1c(O)ccc2ccccc12. The summed E-state index contributed by atoms with van der Waals surface area (Å²) in [6, 6.07) is 22.7. The van der Waals surface area contributed by atoms with Gasteiger partial charge in [0.1, 0.15) is 11.5 Å². The molecule has 0 saturated heterocycles. The Kier molecular flexibility index (Phi) is 5.44. The second kappa shape index (κ2) is 8.32. The van der Waals surface area contributed by atoms with Crippen molar-refractivity contribution in [3.05, 3.63) is 82.8 Å². The molecule has 0 fully saturated rings. The van der Waals surface area contributed by atoms with Crippen LogP contribution in [0.5, 0.6) is 11.5 Å². The summed E-state index contributed by atoms with van der Waals surface area (Å²) in [5, 5.41) is 18.0.